The molecule has 5 nitrogen and oxygen atoms in total. The van der Waals surface area contributed by atoms with Crippen LogP contribution in [-0.4, -0.2) is 46.6 Å². The number of methoxy groups -OCH3 is 2. The quantitative estimate of drug-likeness (QED) is 0.0636. The predicted molar refractivity (Wildman–Crippen MR) is 184 cm³/mol. The Balaban J connectivity index is 1.74. The van der Waals surface area contributed by atoms with Crippen LogP contribution in [0, 0.1) is 5.92 Å². The lowest BCUT2D eigenvalue weighted by molar-refractivity contribution is -0.140. The van der Waals surface area contributed by atoms with Crippen molar-refractivity contribution in [1.29, 1.82) is 0 Å². The summed E-state index contributed by atoms with van der Waals surface area (Å²) in [7, 11) is 1.11. The number of hydrogen-bond acceptors (Lipinski definition) is 5. The summed E-state index contributed by atoms with van der Waals surface area (Å²) in [5.74, 6) is 1.18. The molecule has 1 aliphatic carbocycles. The Labute approximate surface area is 272 Å². The summed E-state index contributed by atoms with van der Waals surface area (Å²) in [6, 6.07) is 17.1. The molecule has 0 amide bonds. The van der Waals surface area contributed by atoms with Crippen molar-refractivity contribution in [3.05, 3.63) is 77.4 Å². The van der Waals surface area contributed by atoms with Crippen LogP contribution in [0.5, 0.6) is 5.75 Å². The third-order valence-electron chi connectivity index (χ3n) is 9.56. The highest BCUT2D eigenvalue weighted by molar-refractivity contribution is 6.74. The van der Waals surface area contributed by atoms with Gasteiger partial charge in [-0.3, -0.25) is 4.79 Å². The van der Waals surface area contributed by atoms with E-state index in [2.05, 4.69) is 84.1 Å². The van der Waals surface area contributed by atoms with Crippen molar-refractivity contribution >= 4 is 25.9 Å². The Morgan fingerprint density at radius 1 is 0.977 bits per heavy atom. The fourth-order valence-electron chi connectivity index (χ4n) is 5.70. The van der Waals surface area contributed by atoms with Crippen LogP contribution in [0.25, 0.3) is 0 Å². The number of carbonyl (C=O) groups excluding carboxylic acids is 1. The van der Waals surface area contributed by atoms with Crippen LogP contribution < -0.4 is 4.74 Å². The topological polar surface area (TPSA) is 54.0 Å². The lowest BCUT2D eigenvalue weighted by Gasteiger charge is -2.40. The van der Waals surface area contributed by atoms with Gasteiger partial charge in [-0.05, 0) is 78.6 Å². The number of rotatable bonds is 15. The molecule has 0 spiro atoms. The minimum absolute atomic E-state index is 0.0389. The molecule has 2 aromatic rings. The Morgan fingerprint density at radius 2 is 1.64 bits per heavy atom. The van der Waals surface area contributed by atoms with Gasteiger partial charge in [0.05, 0.1) is 33.5 Å². The molecule has 44 heavy (non-hydrogen) atoms. The molecule has 0 radical (unpaired) electrons. The third-order valence-corrected chi connectivity index (χ3v) is 14.6. The van der Waals surface area contributed by atoms with Crippen molar-refractivity contribution in [2.24, 2.45) is 5.92 Å². The van der Waals surface area contributed by atoms with Gasteiger partial charge in [0.25, 0.3) is 0 Å². The van der Waals surface area contributed by atoms with Gasteiger partial charge in [0.2, 0.25) is 0 Å². The number of hydrogen-bond donors (Lipinski definition) is 0. The highest BCUT2D eigenvalue weighted by atomic mass is 35.5. The van der Waals surface area contributed by atoms with Gasteiger partial charge in [-0.15, -0.1) is 11.6 Å². The Morgan fingerprint density at radius 3 is 2.23 bits per heavy atom. The number of benzene rings is 2. The molecule has 0 heterocycles. The first-order valence-electron chi connectivity index (χ1n) is 16.0. The summed E-state index contributed by atoms with van der Waals surface area (Å²) in [5.41, 5.74) is 3.53. The first-order chi connectivity index (χ1) is 20.7. The Kier molecular flexibility index (Phi) is 13.2. The molecular weight excluding hydrogens is 588 g/mol. The summed E-state index contributed by atoms with van der Waals surface area (Å²) in [6.45, 7) is 17.2. The van der Waals surface area contributed by atoms with Crippen LogP contribution in [0.2, 0.25) is 18.1 Å². The largest absolute Gasteiger partial charge is 0.497 e. The van der Waals surface area contributed by atoms with Crippen LogP contribution in [0.1, 0.15) is 89.3 Å². The average molecular weight is 643 g/mol. The van der Waals surface area contributed by atoms with Gasteiger partial charge in [-0.2, -0.15) is 0 Å². The molecular formula is C37H55ClO5Si. The van der Waals surface area contributed by atoms with E-state index in [1.54, 1.807) is 7.11 Å². The summed E-state index contributed by atoms with van der Waals surface area (Å²) >= 11 is 7.11. The number of allylic oxidation sites excluding steroid dienone is 2. The lowest BCUT2D eigenvalue weighted by atomic mass is 9.81. The second kappa shape index (κ2) is 15.9. The van der Waals surface area contributed by atoms with E-state index in [-0.39, 0.29) is 39.7 Å². The molecule has 3 rings (SSSR count). The van der Waals surface area contributed by atoms with Crippen LogP contribution in [0.3, 0.4) is 0 Å². The second-order valence-electron chi connectivity index (χ2n) is 14.4. The zero-order chi connectivity index (χ0) is 32.5. The zero-order valence-electron chi connectivity index (χ0n) is 28.5. The summed E-state index contributed by atoms with van der Waals surface area (Å²) in [5, 5.41) is 0.161. The zero-order valence-corrected chi connectivity index (χ0v) is 30.2. The predicted octanol–water partition coefficient (Wildman–Crippen LogP) is 9.58. The SMILES string of the molecule is COC(=O)CCCC=CC[C@@H]1C(c2ccc(C(C)(C)COCc3ccc(OC)cc3)cc2)[C@H](O[Si](C)(C)C(C)(C)C)C[C@H]1Cl. The summed E-state index contributed by atoms with van der Waals surface area (Å²) < 4.78 is 23.3. The molecule has 0 aliphatic heterocycles. The Hall–Kier alpha value is -2.12. The number of unbranched alkanes of at least 4 members (excludes halogenated alkanes) is 1. The normalized spacial score (nSPS) is 21.1. The van der Waals surface area contributed by atoms with Crippen molar-refractivity contribution in [3.63, 3.8) is 0 Å². The van der Waals surface area contributed by atoms with Gasteiger partial charge >= 0.3 is 5.97 Å². The highest BCUT2D eigenvalue weighted by Gasteiger charge is 2.48. The fraction of sp³-hybridized carbons (Fsp3) is 0.595. The molecule has 0 N–H and O–H groups in total. The van der Waals surface area contributed by atoms with Gasteiger partial charge < -0.3 is 18.6 Å². The molecule has 0 bridgehead atoms. The van der Waals surface area contributed by atoms with Crippen LogP contribution >= 0.6 is 11.6 Å². The third kappa shape index (κ3) is 9.94. The molecule has 244 valence electrons. The van der Waals surface area contributed by atoms with Crippen molar-refractivity contribution < 1.29 is 23.4 Å². The van der Waals surface area contributed by atoms with E-state index >= 15 is 0 Å². The van der Waals surface area contributed by atoms with Gasteiger partial charge in [0.15, 0.2) is 8.32 Å². The molecule has 0 saturated heterocycles. The second-order valence-corrected chi connectivity index (χ2v) is 19.7. The molecule has 1 unspecified atom stereocenters. The standard InChI is InChI=1S/C37H55ClO5Si/c1-36(2,3)44(8,9)43-33-24-32(38)31(14-12-10-11-13-15-34(39)41-7)35(33)28-18-20-29(21-19-28)37(4,5)26-42-25-27-16-22-30(40-6)23-17-27/h10,12,16-23,31-33,35H,11,13-15,24-26H2,1-9H3/t31-,32+,33+,35?/m0/s1. The van der Waals surface area contributed by atoms with E-state index < -0.39 is 8.32 Å². The number of halogens is 1. The first kappa shape index (κ1) is 36.3. The van der Waals surface area contributed by atoms with Crippen LogP contribution in [0.4, 0.5) is 0 Å². The molecule has 1 saturated carbocycles. The minimum atomic E-state index is -2.00. The molecule has 1 fully saturated rings. The van der Waals surface area contributed by atoms with E-state index in [1.807, 2.05) is 24.3 Å². The van der Waals surface area contributed by atoms with E-state index in [4.69, 9.17) is 30.2 Å². The summed E-state index contributed by atoms with van der Waals surface area (Å²) in [4.78, 5) is 11.4. The van der Waals surface area contributed by atoms with Crippen molar-refractivity contribution in [2.75, 3.05) is 20.8 Å². The molecule has 1 aliphatic rings. The smallest absolute Gasteiger partial charge is 0.305 e. The molecule has 0 aromatic heterocycles. The van der Waals surface area contributed by atoms with Crippen LogP contribution in [-0.2, 0) is 30.7 Å². The van der Waals surface area contributed by atoms with Crippen LogP contribution in [0.15, 0.2) is 60.7 Å². The number of alkyl halides is 1. The lowest BCUT2D eigenvalue weighted by Crippen LogP contribution is -2.44. The maximum atomic E-state index is 11.4. The maximum Gasteiger partial charge on any atom is 0.305 e. The monoisotopic (exact) mass is 642 g/mol. The molecule has 4 atom stereocenters. The highest BCUT2D eigenvalue weighted by Crippen LogP contribution is 2.49. The van der Waals surface area contributed by atoms with Gasteiger partial charge in [-0.1, -0.05) is 83.2 Å². The Bertz CT molecular complexity index is 1200. The van der Waals surface area contributed by atoms with E-state index in [9.17, 15) is 4.79 Å². The maximum absolute atomic E-state index is 11.4. The van der Waals surface area contributed by atoms with Crippen molar-refractivity contribution in [2.45, 2.75) is 114 Å². The summed E-state index contributed by atoms with van der Waals surface area (Å²) in [6.07, 6.45) is 8.35. The van der Waals surface area contributed by atoms with Crippen molar-refractivity contribution in [3.8, 4) is 5.75 Å². The van der Waals surface area contributed by atoms with Gasteiger partial charge in [0.1, 0.15) is 5.75 Å². The van der Waals surface area contributed by atoms with Crippen molar-refractivity contribution in [1.82, 2.24) is 0 Å². The minimum Gasteiger partial charge on any atom is -0.497 e. The number of ether oxygens (including phenoxy) is 3. The van der Waals surface area contributed by atoms with Gasteiger partial charge in [-0.25, -0.2) is 0 Å². The number of carbonyl (C=O) groups is 1. The average Bonchev–Trinajstić information content (AvgIpc) is 3.27. The van der Waals surface area contributed by atoms with E-state index in [0.717, 1.165) is 37.0 Å². The van der Waals surface area contributed by atoms with E-state index in [0.29, 0.717) is 19.6 Å². The molecule has 7 heteroatoms. The number of esters is 1. The van der Waals surface area contributed by atoms with Gasteiger partial charge in [0, 0.05) is 23.1 Å². The molecule has 2 aromatic carbocycles. The fourth-order valence-corrected chi connectivity index (χ4v) is 7.49. The first-order valence-corrected chi connectivity index (χ1v) is 19.4. The van der Waals surface area contributed by atoms with E-state index in [1.165, 1.54) is 18.2 Å².